The van der Waals surface area contributed by atoms with Gasteiger partial charge in [-0.05, 0) is 56.7 Å². The monoisotopic (exact) mass is 435 g/mol. The van der Waals surface area contributed by atoms with Gasteiger partial charge in [-0.15, -0.1) is 0 Å². The Morgan fingerprint density at radius 1 is 1.32 bits per heavy atom. The van der Waals surface area contributed by atoms with Crippen LogP contribution < -0.4 is 21.3 Å². The first-order chi connectivity index (χ1) is 9.15. The van der Waals surface area contributed by atoms with Crippen molar-refractivity contribution in [2.24, 2.45) is 5.84 Å². The van der Waals surface area contributed by atoms with Crippen LogP contribution in [0.25, 0.3) is 0 Å². The van der Waals surface area contributed by atoms with Crippen molar-refractivity contribution in [2.75, 3.05) is 17.9 Å². The van der Waals surface area contributed by atoms with Gasteiger partial charge in [0.2, 0.25) is 5.75 Å². The van der Waals surface area contributed by atoms with Crippen LogP contribution >= 0.6 is 38.5 Å². The highest BCUT2D eigenvalue weighted by molar-refractivity contribution is 14.1. The number of hydrogen-bond donors (Lipinski definition) is 3. The van der Waals surface area contributed by atoms with Gasteiger partial charge < -0.3 is 15.5 Å². The zero-order valence-corrected chi connectivity index (χ0v) is 13.7. The molecule has 0 saturated carbocycles. The van der Waals surface area contributed by atoms with E-state index in [2.05, 4.69) is 59.2 Å². The summed E-state index contributed by atoms with van der Waals surface area (Å²) in [5, 5.41) is 3.17. The Morgan fingerprint density at radius 2 is 2.05 bits per heavy atom. The van der Waals surface area contributed by atoms with Crippen molar-refractivity contribution >= 4 is 55.8 Å². The fourth-order valence-corrected chi connectivity index (χ4v) is 2.87. The predicted molar refractivity (Wildman–Crippen MR) is 86.5 cm³/mol. The molecule has 100 valence electrons. The van der Waals surface area contributed by atoms with E-state index in [-0.39, 0.29) is 0 Å². The summed E-state index contributed by atoms with van der Waals surface area (Å²) in [6.45, 7) is 0. The van der Waals surface area contributed by atoms with E-state index < -0.39 is 0 Å². The third-order valence-electron chi connectivity index (χ3n) is 2.33. The van der Waals surface area contributed by atoms with E-state index in [4.69, 9.17) is 10.6 Å². The van der Waals surface area contributed by atoms with Gasteiger partial charge in [-0.2, -0.15) is 0 Å². The number of nitrogens with one attached hydrogen (secondary N) is 2. The molecule has 0 aliphatic carbocycles. The van der Waals surface area contributed by atoms with E-state index in [1.807, 2.05) is 18.2 Å². The van der Waals surface area contributed by atoms with Gasteiger partial charge in [-0.3, -0.25) is 0 Å². The van der Waals surface area contributed by atoms with E-state index in [0.29, 0.717) is 17.4 Å². The van der Waals surface area contributed by atoms with Gasteiger partial charge in [0.25, 0.3) is 0 Å². The number of methoxy groups -OCH3 is 1. The molecule has 0 spiro atoms. The molecule has 0 unspecified atom stereocenters. The van der Waals surface area contributed by atoms with Crippen LogP contribution in [0.15, 0.2) is 29.0 Å². The summed E-state index contributed by atoms with van der Waals surface area (Å²) >= 11 is 5.74. The fraction of sp³-hybridized carbons (Fsp3) is 0.0909. The highest BCUT2D eigenvalue weighted by Gasteiger charge is 2.12. The number of anilines is 3. The number of halogens is 2. The maximum Gasteiger partial charge on any atom is 0.205 e. The number of hydrazine groups is 1. The Morgan fingerprint density at radius 3 is 2.68 bits per heavy atom. The van der Waals surface area contributed by atoms with Crippen molar-refractivity contribution in [3.8, 4) is 5.75 Å². The summed E-state index contributed by atoms with van der Waals surface area (Å²) in [5.41, 5.74) is 3.34. The molecule has 1 heterocycles. The number of benzene rings is 1. The van der Waals surface area contributed by atoms with Crippen molar-refractivity contribution < 1.29 is 4.74 Å². The Labute approximate surface area is 132 Å². The summed E-state index contributed by atoms with van der Waals surface area (Å²) in [6, 6.07) is 5.94. The quantitative estimate of drug-likeness (QED) is 0.389. The molecular weight excluding hydrogens is 425 g/mol. The third kappa shape index (κ3) is 3.25. The van der Waals surface area contributed by atoms with Gasteiger partial charge in [0.15, 0.2) is 11.6 Å². The van der Waals surface area contributed by atoms with Crippen molar-refractivity contribution in [3.05, 3.63) is 32.6 Å². The molecule has 1 aromatic carbocycles. The number of ether oxygens (including phenoxy) is 1. The zero-order chi connectivity index (χ0) is 13.8. The topological polar surface area (TPSA) is 85.1 Å². The molecule has 0 radical (unpaired) electrons. The van der Waals surface area contributed by atoms with Gasteiger partial charge in [0.05, 0.1) is 12.8 Å². The average molecular weight is 436 g/mol. The zero-order valence-electron chi connectivity index (χ0n) is 9.95. The first kappa shape index (κ1) is 14.3. The first-order valence-corrected chi connectivity index (χ1v) is 7.10. The summed E-state index contributed by atoms with van der Waals surface area (Å²) in [7, 11) is 1.54. The van der Waals surface area contributed by atoms with Crippen LogP contribution in [-0.4, -0.2) is 17.1 Å². The summed E-state index contributed by atoms with van der Waals surface area (Å²) < 4.78 is 7.32. The van der Waals surface area contributed by atoms with Crippen molar-refractivity contribution in [3.63, 3.8) is 0 Å². The number of hydrogen-bond acceptors (Lipinski definition) is 6. The molecule has 2 rings (SSSR count). The highest BCUT2D eigenvalue weighted by Crippen LogP contribution is 2.33. The molecule has 1 aromatic heterocycles. The molecule has 19 heavy (non-hydrogen) atoms. The van der Waals surface area contributed by atoms with E-state index in [0.717, 1.165) is 13.7 Å². The molecule has 0 aliphatic rings. The molecule has 0 bridgehead atoms. The largest absolute Gasteiger partial charge is 0.490 e. The first-order valence-electron chi connectivity index (χ1n) is 5.23. The van der Waals surface area contributed by atoms with Gasteiger partial charge in [-0.25, -0.2) is 15.8 Å². The van der Waals surface area contributed by atoms with Crippen LogP contribution in [0.4, 0.5) is 17.3 Å². The van der Waals surface area contributed by atoms with E-state index >= 15 is 0 Å². The minimum absolute atomic E-state index is 0.418. The second-order valence-electron chi connectivity index (χ2n) is 3.50. The van der Waals surface area contributed by atoms with Gasteiger partial charge in [0.1, 0.15) is 6.33 Å². The number of nitrogen functional groups attached to an aromatic ring is 1. The van der Waals surface area contributed by atoms with Crippen LogP contribution in [-0.2, 0) is 0 Å². The van der Waals surface area contributed by atoms with Crippen molar-refractivity contribution in [2.45, 2.75) is 0 Å². The van der Waals surface area contributed by atoms with Crippen LogP contribution in [0, 0.1) is 3.57 Å². The Hall–Kier alpha value is -1.13. The summed E-state index contributed by atoms with van der Waals surface area (Å²) in [6.07, 6.45) is 1.40. The molecule has 0 saturated heterocycles. The normalized spacial score (nSPS) is 10.1. The van der Waals surface area contributed by atoms with Crippen LogP contribution in [0.5, 0.6) is 5.75 Å². The van der Waals surface area contributed by atoms with Crippen LogP contribution in [0.3, 0.4) is 0 Å². The maximum absolute atomic E-state index is 5.38. The Bertz CT molecular complexity index is 595. The predicted octanol–water partition coefficient (Wildman–Crippen LogP) is 2.88. The molecule has 6 nitrogen and oxygen atoms in total. The molecular formula is C11H11BrIN5O. The number of rotatable bonds is 4. The molecule has 0 atom stereocenters. The minimum Gasteiger partial charge on any atom is -0.490 e. The second-order valence-corrected chi connectivity index (χ2v) is 5.60. The molecule has 8 heteroatoms. The lowest BCUT2D eigenvalue weighted by molar-refractivity contribution is 0.415. The average Bonchev–Trinajstić information content (AvgIpc) is 2.41. The lowest BCUT2D eigenvalue weighted by atomic mass is 10.3. The smallest absolute Gasteiger partial charge is 0.205 e. The molecule has 0 fully saturated rings. The SMILES string of the molecule is COc1c(NN)ncnc1Nc1ccc(I)cc1Br. The van der Waals surface area contributed by atoms with Crippen molar-refractivity contribution in [1.29, 1.82) is 0 Å². The van der Waals surface area contributed by atoms with Gasteiger partial charge >= 0.3 is 0 Å². The Balaban J connectivity index is 2.37. The number of nitrogens with zero attached hydrogens (tertiary/aromatic N) is 2. The van der Waals surface area contributed by atoms with Gasteiger partial charge in [-0.1, -0.05) is 0 Å². The lowest BCUT2D eigenvalue weighted by Crippen LogP contribution is -2.11. The van der Waals surface area contributed by atoms with E-state index in [1.165, 1.54) is 13.4 Å². The molecule has 0 aliphatic heterocycles. The summed E-state index contributed by atoms with van der Waals surface area (Å²) in [4.78, 5) is 8.13. The van der Waals surface area contributed by atoms with Gasteiger partial charge in [0, 0.05) is 8.04 Å². The third-order valence-corrected chi connectivity index (χ3v) is 3.66. The maximum atomic E-state index is 5.38. The van der Waals surface area contributed by atoms with Crippen LogP contribution in [0.1, 0.15) is 0 Å². The highest BCUT2D eigenvalue weighted by atomic mass is 127. The molecule has 4 N–H and O–H groups in total. The lowest BCUT2D eigenvalue weighted by Gasteiger charge is -2.13. The van der Waals surface area contributed by atoms with E-state index in [1.54, 1.807) is 0 Å². The number of nitrogens with two attached hydrogens (primary N) is 1. The fourth-order valence-electron chi connectivity index (χ4n) is 1.48. The Kier molecular flexibility index (Phi) is 4.77. The minimum atomic E-state index is 0.418. The summed E-state index contributed by atoms with van der Waals surface area (Å²) in [5.74, 6) is 6.79. The van der Waals surface area contributed by atoms with E-state index in [9.17, 15) is 0 Å². The molecule has 2 aromatic rings. The van der Waals surface area contributed by atoms with Crippen molar-refractivity contribution in [1.82, 2.24) is 9.97 Å². The second kappa shape index (κ2) is 6.35. The molecule has 0 amide bonds. The standard InChI is InChI=1S/C11H11BrIN5O/c1-19-9-10(15-5-16-11(9)18-14)17-8-3-2-6(13)4-7(8)12/h2-5H,14H2,1H3,(H2,15,16,17,18). The van der Waals surface area contributed by atoms with Crippen LogP contribution in [0.2, 0.25) is 0 Å². The number of aromatic nitrogens is 2.